The van der Waals surface area contributed by atoms with Gasteiger partial charge in [0.1, 0.15) is 0 Å². The summed E-state index contributed by atoms with van der Waals surface area (Å²) in [7, 11) is 0. The molecule has 2 aliphatic heterocycles. The predicted molar refractivity (Wildman–Crippen MR) is 332 cm³/mol. The highest BCUT2D eigenvalue weighted by molar-refractivity contribution is 7.26. The minimum absolute atomic E-state index is 0.0196. The van der Waals surface area contributed by atoms with Crippen LogP contribution >= 0.6 is 11.3 Å². The average molecular weight is 1010 g/mol. The zero-order chi connectivity index (χ0) is 53.2. The van der Waals surface area contributed by atoms with Crippen molar-refractivity contribution in [1.29, 1.82) is 0 Å². The van der Waals surface area contributed by atoms with Gasteiger partial charge in [0.2, 0.25) is 0 Å². The van der Waals surface area contributed by atoms with E-state index in [1.165, 1.54) is 139 Å². The standard InChI is InChI=1S/C72H75BN2S/c1-67(2,3)46-28-32-58(51(38-46)44-21-16-15-17-22-44)75-59-31-27-45(49-24-20-26-64-65(49)50-23-18-19-25-63(50)76-64)37-56(59)73-57-42-54-55(72(13,14)36-35-71(54,11)12)43-60(57)74(61-39-47(68(4,5)6)40-62(75)66(61)73)48-29-30-52-53(41-48)70(9,10)34-33-69(52,7)8/h15-32,37-43H,33-36H2,1-14H3. The predicted octanol–water partition coefficient (Wildman–Crippen LogP) is 18.8. The van der Waals surface area contributed by atoms with E-state index in [9.17, 15) is 0 Å². The quantitative estimate of drug-likeness (QED) is 0.162. The van der Waals surface area contributed by atoms with Crippen LogP contribution in [-0.4, -0.2) is 6.71 Å². The molecule has 0 fully saturated rings. The molecule has 2 aliphatic carbocycles. The van der Waals surface area contributed by atoms with Gasteiger partial charge in [-0.05, 0) is 185 Å². The molecule has 1 aromatic heterocycles. The van der Waals surface area contributed by atoms with E-state index in [-0.39, 0.29) is 39.2 Å². The van der Waals surface area contributed by atoms with Crippen molar-refractivity contribution in [1.82, 2.24) is 0 Å². The molecule has 0 bridgehead atoms. The first-order chi connectivity index (χ1) is 35.9. The molecule has 0 N–H and O–H groups in total. The fourth-order valence-electron chi connectivity index (χ4n) is 14.0. The molecule has 0 amide bonds. The van der Waals surface area contributed by atoms with Crippen LogP contribution in [0.2, 0.25) is 0 Å². The highest BCUT2D eigenvalue weighted by atomic mass is 32.1. The van der Waals surface area contributed by atoms with Crippen LogP contribution in [0.1, 0.15) is 156 Å². The summed E-state index contributed by atoms with van der Waals surface area (Å²) in [5.41, 5.74) is 25.4. The van der Waals surface area contributed by atoms with Crippen molar-refractivity contribution in [3.8, 4) is 22.3 Å². The molecule has 0 radical (unpaired) electrons. The summed E-state index contributed by atoms with van der Waals surface area (Å²) in [6.07, 6.45) is 4.68. The number of anilines is 6. The molecule has 0 spiro atoms. The van der Waals surface area contributed by atoms with Crippen molar-refractivity contribution in [2.75, 3.05) is 9.80 Å². The van der Waals surface area contributed by atoms with Crippen LogP contribution in [-0.2, 0) is 32.5 Å². The van der Waals surface area contributed by atoms with Crippen LogP contribution in [0.25, 0.3) is 42.4 Å². The molecule has 8 aromatic carbocycles. The largest absolute Gasteiger partial charge is 0.311 e. The zero-order valence-electron chi connectivity index (χ0n) is 47.6. The summed E-state index contributed by atoms with van der Waals surface area (Å²) in [5.74, 6) is 0. The molecular weight excluding hydrogens is 936 g/mol. The van der Waals surface area contributed by atoms with Crippen molar-refractivity contribution in [3.63, 3.8) is 0 Å². The van der Waals surface area contributed by atoms with Gasteiger partial charge in [-0.25, -0.2) is 0 Å². The van der Waals surface area contributed by atoms with Crippen LogP contribution in [0.4, 0.5) is 34.1 Å². The summed E-state index contributed by atoms with van der Waals surface area (Å²) < 4.78 is 2.67. The van der Waals surface area contributed by atoms with E-state index in [1.54, 1.807) is 0 Å². The average Bonchev–Trinajstić information content (AvgIpc) is 3.90. The van der Waals surface area contributed by atoms with E-state index in [0.717, 1.165) is 12.8 Å². The smallest absolute Gasteiger partial charge is 0.252 e. The van der Waals surface area contributed by atoms with Crippen LogP contribution in [0.5, 0.6) is 0 Å². The third-order valence-electron chi connectivity index (χ3n) is 18.9. The van der Waals surface area contributed by atoms with E-state index in [4.69, 9.17) is 0 Å². The molecule has 4 heteroatoms. The summed E-state index contributed by atoms with van der Waals surface area (Å²) >= 11 is 1.90. The SMILES string of the molecule is CC(C)(C)c1ccc(N2c3ccc(-c4cccc5sc6ccccc6c45)cc3B3c4cc5c(cc4N(c4ccc6c(c4)C(C)(C)CCC6(C)C)c4cc(C(C)(C)C)cc2c43)C(C)(C)CCC5(C)C)c(-c2ccccc2)c1. The number of thiophene rings is 1. The van der Waals surface area contributed by atoms with Crippen molar-refractivity contribution < 1.29 is 0 Å². The first-order valence-corrected chi connectivity index (χ1v) is 29.1. The lowest BCUT2D eigenvalue weighted by molar-refractivity contribution is 0.332. The van der Waals surface area contributed by atoms with Gasteiger partial charge in [-0.2, -0.15) is 0 Å². The van der Waals surface area contributed by atoms with Crippen molar-refractivity contribution in [3.05, 3.63) is 185 Å². The molecule has 0 saturated carbocycles. The second-order valence-electron chi connectivity index (χ2n) is 27.9. The number of nitrogens with zero attached hydrogens (tertiary/aromatic N) is 2. The Bertz CT molecular complexity index is 3870. The molecule has 13 rings (SSSR count). The third-order valence-corrected chi connectivity index (χ3v) is 20.0. The second-order valence-corrected chi connectivity index (χ2v) is 29.0. The van der Waals surface area contributed by atoms with E-state index in [0.29, 0.717) is 0 Å². The number of hydrogen-bond donors (Lipinski definition) is 0. The minimum atomic E-state index is -0.146. The Balaban J connectivity index is 1.18. The third kappa shape index (κ3) is 7.54. The molecule has 76 heavy (non-hydrogen) atoms. The Morgan fingerprint density at radius 3 is 1.67 bits per heavy atom. The van der Waals surface area contributed by atoms with E-state index >= 15 is 0 Å². The van der Waals surface area contributed by atoms with Gasteiger partial charge in [0, 0.05) is 54.2 Å². The Morgan fingerprint density at radius 1 is 0.408 bits per heavy atom. The maximum atomic E-state index is 2.74. The lowest BCUT2D eigenvalue weighted by Crippen LogP contribution is -2.62. The molecule has 0 unspecified atom stereocenters. The Labute approximate surface area is 458 Å². The number of benzene rings is 8. The lowest BCUT2D eigenvalue weighted by atomic mass is 9.33. The second kappa shape index (κ2) is 16.6. The summed E-state index contributed by atoms with van der Waals surface area (Å²) in [4.78, 5) is 5.42. The first-order valence-electron chi connectivity index (χ1n) is 28.3. The van der Waals surface area contributed by atoms with Crippen molar-refractivity contribution in [2.45, 2.75) is 155 Å². The van der Waals surface area contributed by atoms with Gasteiger partial charge in [-0.3, -0.25) is 0 Å². The summed E-state index contributed by atoms with van der Waals surface area (Å²) in [6, 6.07) is 60.1. The minimum Gasteiger partial charge on any atom is -0.311 e. The number of fused-ring (bicyclic) bond motifs is 9. The lowest BCUT2D eigenvalue weighted by Gasteiger charge is -2.48. The van der Waals surface area contributed by atoms with Crippen molar-refractivity contribution in [2.24, 2.45) is 0 Å². The van der Waals surface area contributed by atoms with Gasteiger partial charge in [-0.1, -0.05) is 188 Å². The first kappa shape index (κ1) is 49.2. The highest BCUT2D eigenvalue weighted by Gasteiger charge is 2.48. The number of rotatable bonds is 4. The molecule has 0 atom stereocenters. The van der Waals surface area contributed by atoms with Crippen LogP contribution in [0, 0.1) is 0 Å². The van der Waals surface area contributed by atoms with Gasteiger partial charge in [-0.15, -0.1) is 11.3 Å². The molecule has 382 valence electrons. The van der Waals surface area contributed by atoms with Crippen LogP contribution < -0.4 is 26.2 Å². The normalized spacial score (nSPS) is 17.7. The molecule has 9 aromatic rings. The topological polar surface area (TPSA) is 6.48 Å². The van der Waals surface area contributed by atoms with Crippen LogP contribution in [0.15, 0.2) is 152 Å². The van der Waals surface area contributed by atoms with E-state index in [1.807, 2.05) is 11.3 Å². The van der Waals surface area contributed by atoms with E-state index < -0.39 is 0 Å². The monoisotopic (exact) mass is 1010 g/mol. The van der Waals surface area contributed by atoms with Gasteiger partial charge >= 0.3 is 0 Å². The molecule has 4 aliphatic rings. The summed E-state index contributed by atoms with van der Waals surface area (Å²) in [5, 5.41) is 2.68. The van der Waals surface area contributed by atoms with Crippen LogP contribution in [0.3, 0.4) is 0 Å². The highest BCUT2D eigenvalue weighted by Crippen LogP contribution is 2.54. The fraction of sp³-hybridized carbons (Fsp3) is 0.333. The molecule has 0 saturated heterocycles. The Morgan fingerprint density at radius 2 is 0.987 bits per heavy atom. The molecule has 2 nitrogen and oxygen atoms in total. The molecule has 3 heterocycles. The fourth-order valence-corrected chi connectivity index (χ4v) is 15.1. The van der Waals surface area contributed by atoms with Gasteiger partial charge in [0.25, 0.3) is 6.71 Å². The Hall–Kier alpha value is -6.36. The van der Waals surface area contributed by atoms with E-state index in [2.05, 4.69) is 258 Å². The number of hydrogen-bond acceptors (Lipinski definition) is 3. The van der Waals surface area contributed by atoms with Crippen molar-refractivity contribution >= 4 is 88.7 Å². The van der Waals surface area contributed by atoms with Gasteiger partial charge < -0.3 is 9.80 Å². The Kier molecular flexibility index (Phi) is 10.7. The maximum Gasteiger partial charge on any atom is 0.252 e. The zero-order valence-corrected chi connectivity index (χ0v) is 48.5. The molecular formula is C72H75BN2S. The van der Waals surface area contributed by atoms with Gasteiger partial charge in [0.15, 0.2) is 0 Å². The van der Waals surface area contributed by atoms with Gasteiger partial charge in [0.05, 0.1) is 5.69 Å². The summed E-state index contributed by atoms with van der Waals surface area (Å²) in [6.45, 7) is 34.1. The maximum absolute atomic E-state index is 2.74.